The number of aromatic nitrogens is 2. The fourth-order valence-corrected chi connectivity index (χ4v) is 2.50. The van der Waals surface area contributed by atoms with Gasteiger partial charge in [0.25, 0.3) is 0 Å². The van der Waals surface area contributed by atoms with Gasteiger partial charge in [-0.3, -0.25) is 9.48 Å². The zero-order valence-electron chi connectivity index (χ0n) is 9.62. The molecule has 0 N–H and O–H groups in total. The molecule has 0 fully saturated rings. The van der Waals surface area contributed by atoms with Gasteiger partial charge in [0.05, 0.1) is 18.1 Å². The van der Waals surface area contributed by atoms with Crippen molar-refractivity contribution in [3.05, 3.63) is 16.4 Å². The van der Waals surface area contributed by atoms with E-state index in [-0.39, 0.29) is 5.97 Å². The van der Waals surface area contributed by atoms with Crippen molar-refractivity contribution < 1.29 is 9.53 Å². The predicted molar refractivity (Wildman–Crippen MR) is 65.8 cm³/mol. The number of hydrogen-bond donors (Lipinski definition) is 0. The Bertz CT molecular complexity index is 379. The van der Waals surface area contributed by atoms with Gasteiger partial charge in [-0.1, -0.05) is 11.6 Å². The van der Waals surface area contributed by atoms with Crippen LogP contribution < -0.4 is 0 Å². The first-order valence-corrected chi connectivity index (χ1v) is 6.50. The van der Waals surface area contributed by atoms with Crippen LogP contribution in [-0.2, 0) is 22.3 Å². The molecule has 0 bridgehead atoms. The Morgan fingerprint density at radius 2 is 2.31 bits per heavy atom. The standard InChI is InChI=1S/C10H15ClN2O2S/c1-4-15-9(14)6-16-5-8-7(2)12-13(3)10(8)11/h4-6H2,1-3H3. The maximum atomic E-state index is 11.1. The highest BCUT2D eigenvalue weighted by atomic mass is 35.5. The van der Waals surface area contributed by atoms with E-state index in [0.29, 0.717) is 23.3 Å². The third kappa shape index (κ3) is 3.42. The second-order valence-corrected chi connectivity index (χ2v) is 4.62. The van der Waals surface area contributed by atoms with Crippen LogP contribution >= 0.6 is 23.4 Å². The second kappa shape index (κ2) is 6.15. The lowest BCUT2D eigenvalue weighted by atomic mass is 10.3. The average molecular weight is 263 g/mol. The molecule has 90 valence electrons. The van der Waals surface area contributed by atoms with Gasteiger partial charge in [0.2, 0.25) is 0 Å². The molecule has 16 heavy (non-hydrogen) atoms. The second-order valence-electron chi connectivity index (χ2n) is 3.28. The third-order valence-corrected chi connectivity index (χ3v) is 3.45. The summed E-state index contributed by atoms with van der Waals surface area (Å²) in [7, 11) is 1.80. The van der Waals surface area contributed by atoms with Gasteiger partial charge in [0.15, 0.2) is 0 Å². The first-order valence-electron chi connectivity index (χ1n) is 4.97. The molecular weight excluding hydrogens is 248 g/mol. The van der Waals surface area contributed by atoms with Gasteiger partial charge in [-0.15, -0.1) is 11.8 Å². The maximum absolute atomic E-state index is 11.1. The molecule has 0 radical (unpaired) electrons. The quantitative estimate of drug-likeness (QED) is 0.763. The third-order valence-electron chi connectivity index (χ3n) is 2.04. The molecule has 0 amide bonds. The lowest BCUT2D eigenvalue weighted by Crippen LogP contribution is -2.06. The van der Waals surface area contributed by atoms with Gasteiger partial charge in [0, 0.05) is 18.4 Å². The van der Waals surface area contributed by atoms with Crippen LogP contribution in [0.5, 0.6) is 0 Å². The predicted octanol–water partition coefficient (Wildman–Crippen LogP) is 2.18. The van der Waals surface area contributed by atoms with Crippen molar-refractivity contribution in [2.75, 3.05) is 12.4 Å². The number of esters is 1. The Labute approximate surface area is 104 Å². The number of thioether (sulfide) groups is 1. The maximum Gasteiger partial charge on any atom is 0.315 e. The monoisotopic (exact) mass is 262 g/mol. The van der Waals surface area contributed by atoms with Gasteiger partial charge in [-0.05, 0) is 13.8 Å². The molecule has 1 rings (SSSR count). The molecule has 6 heteroatoms. The first kappa shape index (κ1) is 13.4. The Kier molecular flexibility index (Phi) is 5.15. The number of carbonyl (C=O) groups is 1. The zero-order valence-corrected chi connectivity index (χ0v) is 11.2. The van der Waals surface area contributed by atoms with E-state index in [2.05, 4.69) is 5.10 Å². The summed E-state index contributed by atoms with van der Waals surface area (Å²) in [5.41, 5.74) is 1.89. The van der Waals surface area contributed by atoms with Crippen LogP contribution in [-0.4, -0.2) is 28.1 Å². The number of ether oxygens (including phenoxy) is 1. The van der Waals surface area contributed by atoms with E-state index in [0.717, 1.165) is 11.3 Å². The van der Waals surface area contributed by atoms with Gasteiger partial charge in [0.1, 0.15) is 5.15 Å². The van der Waals surface area contributed by atoms with Gasteiger partial charge in [-0.25, -0.2) is 0 Å². The number of aryl methyl sites for hydroxylation is 2. The minimum Gasteiger partial charge on any atom is -0.465 e. The van der Waals surface area contributed by atoms with E-state index >= 15 is 0 Å². The van der Waals surface area contributed by atoms with E-state index < -0.39 is 0 Å². The topological polar surface area (TPSA) is 44.1 Å². The SMILES string of the molecule is CCOC(=O)CSCc1c(C)nn(C)c1Cl. The molecule has 1 aromatic rings. The molecule has 0 aliphatic carbocycles. The fourth-order valence-electron chi connectivity index (χ4n) is 1.28. The smallest absolute Gasteiger partial charge is 0.315 e. The number of carbonyl (C=O) groups excluding carboxylic acids is 1. The van der Waals surface area contributed by atoms with Crippen LogP contribution in [0.15, 0.2) is 0 Å². The van der Waals surface area contributed by atoms with Crippen molar-refractivity contribution in [2.45, 2.75) is 19.6 Å². The van der Waals surface area contributed by atoms with Crippen LogP contribution in [0.25, 0.3) is 0 Å². The highest BCUT2D eigenvalue weighted by Crippen LogP contribution is 2.23. The number of halogens is 1. The molecule has 0 saturated heterocycles. The Morgan fingerprint density at radius 3 is 2.81 bits per heavy atom. The lowest BCUT2D eigenvalue weighted by molar-refractivity contribution is -0.139. The summed E-state index contributed by atoms with van der Waals surface area (Å²) < 4.78 is 6.47. The Hall–Kier alpha value is -0.680. The van der Waals surface area contributed by atoms with Crippen molar-refractivity contribution >= 4 is 29.3 Å². The van der Waals surface area contributed by atoms with Crippen molar-refractivity contribution in [1.29, 1.82) is 0 Å². The normalized spacial score (nSPS) is 10.5. The highest BCUT2D eigenvalue weighted by molar-refractivity contribution is 7.99. The van der Waals surface area contributed by atoms with Crippen molar-refractivity contribution in [2.24, 2.45) is 7.05 Å². The average Bonchev–Trinajstić information content (AvgIpc) is 2.45. The summed E-state index contributed by atoms with van der Waals surface area (Å²) >= 11 is 7.55. The van der Waals surface area contributed by atoms with Gasteiger partial charge in [-0.2, -0.15) is 5.10 Å². The molecule has 1 heterocycles. The number of nitrogens with zero attached hydrogens (tertiary/aromatic N) is 2. The van der Waals surface area contributed by atoms with Crippen LogP contribution in [0.1, 0.15) is 18.2 Å². The van der Waals surface area contributed by atoms with Crippen molar-refractivity contribution in [1.82, 2.24) is 9.78 Å². The Morgan fingerprint density at radius 1 is 1.62 bits per heavy atom. The van der Waals surface area contributed by atoms with Crippen LogP contribution in [0.2, 0.25) is 5.15 Å². The van der Waals surface area contributed by atoms with Crippen LogP contribution in [0.4, 0.5) is 0 Å². The highest BCUT2D eigenvalue weighted by Gasteiger charge is 2.11. The van der Waals surface area contributed by atoms with Gasteiger partial charge >= 0.3 is 5.97 Å². The van der Waals surface area contributed by atoms with Crippen LogP contribution in [0.3, 0.4) is 0 Å². The molecule has 0 aliphatic heterocycles. The summed E-state index contributed by atoms with van der Waals surface area (Å²) in [6.45, 7) is 4.13. The van der Waals surface area contributed by atoms with E-state index in [1.54, 1.807) is 18.7 Å². The molecule has 4 nitrogen and oxygen atoms in total. The van der Waals surface area contributed by atoms with E-state index in [4.69, 9.17) is 16.3 Å². The van der Waals surface area contributed by atoms with Crippen molar-refractivity contribution in [3.63, 3.8) is 0 Å². The molecule has 0 atom stereocenters. The summed E-state index contributed by atoms with van der Waals surface area (Å²) in [6, 6.07) is 0. The summed E-state index contributed by atoms with van der Waals surface area (Å²) in [6.07, 6.45) is 0. The van der Waals surface area contributed by atoms with E-state index in [1.807, 2.05) is 6.92 Å². The van der Waals surface area contributed by atoms with Gasteiger partial charge < -0.3 is 4.74 Å². The van der Waals surface area contributed by atoms with E-state index in [9.17, 15) is 4.79 Å². The summed E-state index contributed by atoms with van der Waals surface area (Å²) in [5.74, 6) is 0.834. The number of hydrogen-bond acceptors (Lipinski definition) is 4. The minimum absolute atomic E-state index is 0.190. The zero-order chi connectivity index (χ0) is 12.1. The molecular formula is C10H15ClN2O2S. The molecule has 0 aromatic carbocycles. The molecule has 0 saturated carbocycles. The summed E-state index contributed by atoms with van der Waals surface area (Å²) in [4.78, 5) is 11.1. The first-order chi connectivity index (χ1) is 7.56. The Balaban J connectivity index is 2.46. The molecule has 0 spiro atoms. The largest absolute Gasteiger partial charge is 0.465 e. The summed E-state index contributed by atoms with van der Waals surface area (Å²) in [5, 5.41) is 4.83. The fraction of sp³-hybridized carbons (Fsp3) is 0.600. The van der Waals surface area contributed by atoms with Crippen molar-refractivity contribution in [3.8, 4) is 0 Å². The lowest BCUT2D eigenvalue weighted by Gasteiger charge is -2.02. The minimum atomic E-state index is -0.190. The van der Waals surface area contributed by atoms with Crippen LogP contribution in [0, 0.1) is 6.92 Å². The van der Waals surface area contributed by atoms with E-state index in [1.165, 1.54) is 11.8 Å². The molecule has 1 aromatic heterocycles. The molecule has 0 unspecified atom stereocenters. The number of rotatable bonds is 5. The molecule has 0 aliphatic rings.